The lowest BCUT2D eigenvalue weighted by Crippen LogP contribution is -2.16. The second kappa shape index (κ2) is 4.37. The molecule has 2 heterocycles. The van der Waals surface area contributed by atoms with Crippen LogP contribution in [0.2, 0.25) is 0 Å². The second-order valence-corrected chi connectivity index (χ2v) is 4.52. The van der Waals surface area contributed by atoms with Crippen LogP contribution in [0.4, 0.5) is 11.5 Å². The maximum absolute atomic E-state index is 12.4. The molecule has 0 aliphatic carbocycles. The van der Waals surface area contributed by atoms with Crippen molar-refractivity contribution in [1.82, 2.24) is 19.6 Å². The Bertz CT molecular complexity index is 781. The number of carbonyl (C=O) groups is 1. The summed E-state index contributed by atoms with van der Waals surface area (Å²) in [5.41, 5.74) is 7.44. The van der Waals surface area contributed by atoms with Gasteiger partial charge in [0.2, 0.25) is 0 Å². The number of carbonyl (C=O) groups excluding carboxylic acids is 1. The number of aryl methyl sites for hydroxylation is 2. The molecule has 1 amide bonds. The first-order chi connectivity index (χ1) is 9.58. The Labute approximate surface area is 115 Å². The third-order valence-electron chi connectivity index (χ3n) is 3.17. The number of nitrogen functional groups attached to an aromatic ring is 1. The van der Waals surface area contributed by atoms with E-state index in [2.05, 4.69) is 15.5 Å². The number of para-hydroxylation sites is 1. The minimum atomic E-state index is -0.308. The van der Waals surface area contributed by atoms with Crippen molar-refractivity contribution >= 4 is 28.3 Å². The molecule has 0 unspecified atom stereocenters. The molecule has 102 valence electrons. The van der Waals surface area contributed by atoms with Crippen molar-refractivity contribution in [2.45, 2.75) is 0 Å². The Morgan fingerprint density at radius 3 is 2.70 bits per heavy atom. The third-order valence-corrected chi connectivity index (χ3v) is 3.17. The Hall–Kier alpha value is -2.83. The van der Waals surface area contributed by atoms with Gasteiger partial charge in [-0.1, -0.05) is 18.2 Å². The van der Waals surface area contributed by atoms with E-state index in [0.717, 1.165) is 10.9 Å². The van der Waals surface area contributed by atoms with Crippen molar-refractivity contribution in [2.75, 3.05) is 11.1 Å². The summed E-state index contributed by atoms with van der Waals surface area (Å²) in [6, 6.07) is 7.56. The highest BCUT2D eigenvalue weighted by molar-refractivity contribution is 6.11. The van der Waals surface area contributed by atoms with Gasteiger partial charge in [0.05, 0.1) is 17.4 Å². The van der Waals surface area contributed by atoms with Gasteiger partial charge in [0, 0.05) is 19.5 Å². The number of benzene rings is 1. The summed E-state index contributed by atoms with van der Waals surface area (Å²) in [7, 11) is 3.51. The van der Waals surface area contributed by atoms with E-state index in [1.54, 1.807) is 18.8 Å². The van der Waals surface area contributed by atoms with Crippen LogP contribution >= 0.6 is 0 Å². The first kappa shape index (κ1) is 12.2. The molecule has 3 rings (SSSR count). The number of anilines is 2. The number of aromatic nitrogens is 4. The van der Waals surface area contributed by atoms with E-state index in [1.807, 2.05) is 24.3 Å². The lowest BCUT2D eigenvalue weighted by molar-refractivity contribution is 0.102. The number of hydrogen-bond donors (Lipinski definition) is 2. The van der Waals surface area contributed by atoms with Crippen LogP contribution in [0.5, 0.6) is 0 Å². The maximum Gasteiger partial charge on any atom is 0.278 e. The summed E-state index contributed by atoms with van der Waals surface area (Å²) in [4.78, 5) is 12.4. The summed E-state index contributed by atoms with van der Waals surface area (Å²) in [6.07, 6.45) is 1.49. The predicted octanol–water partition coefficient (Wildman–Crippen LogP) is 1.14. The fourth-order valence-electron chi connectivity index (χ4n) is 2.16. The molecule has 0 aliphatic heterocycles. The normalized spacial score (nSPS) is 10.9. The number of nitrogens with zero attached hydrogens (tertiary/aromatic N) is 4. The van der Waals surface area contributed by atoms with Crippen molar-refractivity contribution in [3.63, 3.8) is 0 Å². The monoisotopic (exact) mass is 270 g/mol. The maximum atomic E-state index is 12.4. The molecule has 7 nitrogen and oxygen atoms in total. The molecule has 0 spiro atoms. The summed E-state index contributed by atoms with van der Waals surface area (Å²) in [5.74, 6) is 0.154. The smallest absolute Gasteiger partial charge is 0.278 e. The van der Waals surface area contributed by atoms with Crippen LogP contribution in [0.15, 0.2) is 30.5 Å². The predicted molar refractivity (Wildman–Crippen MR) is 76.3 cm³/mol. The summed E-state index contributed by atoms with van der Waals surface area (Å²) >= 11 is 0. The molecule has 7 heteroatoms. The third kappa shape index (κ3) is 1.80. The zero-order valence-electron chi connectivity index (χ0n) is 11.2. The van der Waals surface area contributed by atoms with Crippen LogP contribution in [0.25, 0.3) is 10.9 Å². The van der Waals surface area contributed by atoms with Gasteiger partial charge < -0.3 is 11.1 Å². The number of nitrogens with two attached hydrogens (primary N) is 1. The molecule has 2 aromatic heterocycles. The van der Waals surface area contributed by atoms with Crippen LogP contribution < -0.4 is 11.1 Å². The average Bonchev–Trinajstić information content (AvgIpc) is 2.94. The standard InChI is InChI=1S/C13H14N6O/c1-18-10-6-4-3-5-8(10)11(17-18)13(20)16-12-9(14)7-15-19(12)2/h3-7H,14H2,1-2H3,(H,16,20). The molecule has 0 radical (unpaired) electrons. The van der Waals surface area contributed by atoms with E-state index in [-0.39, 0.29) is 5.91 Å². The molecular weight excluding hydrogens is 256 g/mol. The fraction of sp³-hybridized carbons (Fsp3) is 0.154. The van der Waals surface area contributed by atoms with E-state index < -0.39 is 0 Å². The van der Waals surface area contributed by atoms with Crippen molar-refractivity contribution in [3.05, 3.63) is 36.2 Å². The van der Waals surface area contributed by atoms with E-state index in [9.17, 15) is 4.79 Å². The van der Waals surface area contributed by atoms with Crippen molar-refractivity contribution in [1.29, 1.82) is 0 Å². The Kier molecular flexibility index (Phi) is 2.67. The molecule has 0 aliphatic rings. The van der Waals surface area contributed by atoms with E-state index in [4.69, 9.17) is 5.73 Å². The van der Waals surface area contributed by atoms with Gasteiger partial charge in [0.25, 0.3) is 5.91 Å². The quantitative estimate of drug-likeness (QED) is 0.730. The number of nitrogens with one attached hydrogen (secondary N) is 1. The summed E-state index contributed by atoms with van der Waals surface area (Å²) in [5, 5.41) is 11.8. The van der Waals surface area contributed by atoms with Crippen LogP contribution in [0, 0.1) is 0 Å². The number of amides is 1. The summed E-state index contributed by atoms with van der Waals surface area (Å²) < 4.78 is 3.19. The Balaban J connectivity index is 2.01. The topological polar surface area (TPSA) is 90.8 Å². The average molecular weight is 270 g/mol. The van der Waals surface area contributed by atoms with Gasteiger partial charge in [0.1, 0.15) is 0 Å². The zero-order chi connectivity index (χ0) is 14.3. The molecule has 20 heavy (non-hydrogen) atoms. The lowest BCUT2D eigenvalue weighted by Gasteiger charge is -2.04. The molecule has 1 aromatic carbocycles. The minimum Gasteiger partial charge on any atom is -0.394 e. The molecule has 0 saturated heterocycles. The highest BCUT2D eigenvalue weighted by Crippen LogP contribution is 2.21. The van der Waals surface area contributed by atoms with Crippen molar-refractivity contribution in [3.8, 4) is 0 Å². The molecule has 3 aromatic rings. The Morgan fingerprint density at radius 1 is 1.25 bits per heavy atom. The van der Waals surface area contributed by atoms with E-state index in [0.29, 0.717) is 17.2 Å². The summed E-state index contributed by atoms with van der Waals surface area (Å²) in [6.45, 7) is 0. The SMILES string of the molecule is Cn1ncc(N)c1NC(=O)c1nn(C)c2ccccc12. The molecule has 0 atom stereocenters. The lowest BCUT2D eigenvalue weighted by atomic mass is 10.2. The van der Waals surface area contributed by atoms with Gasteiger partial charge in [-0.15, -0.1) is 0 Å². The van der Waals surface area contributed by atoms with Gasteiger partial charge in [-0.2, -0.15) is 10.2 Å². The van der Waals surface area contributed by atoms with Crippen LogP contribution in [0.3, 0.4) is 0 Å². The fourth-order valence-corrected chi connectivity index (χ4v) is 2.16. The first-order valence-electron chi connectivity index (χ1n) is 6.08. The van der Waals surface area contributed by atoms with E-state index >= 15 is 0 Å². The van der Waals surface area contributed by atoms with Gasteiger partial charge in [0.15, 0.2) is 11.5 Å². The Morgan fingerprint density at radius 2 is 2.00 bits per heavy atom. The molecule has 0 saturated carbocycles. The molecule has 0 bridgehead atoms. The van der Waals surface area contributed by atoms with Crippen molar-refractivity contribution < 1.29 is 4.79 Å². The first-order valence-corrected chi connectivity index (χ1v) is 6.08. The highest BCUT2D eigenvalue weighted by Gasteiger charge is 2.18. The number of rotatable bonds is 2. The number of fused-ring (bicyclic) bond motifs is 1. The molecule has 3 N–H and O–H groups in total. The second-order valence-electron chi connectivity index (χ2n) is 4.52. The van der Waals surface area contributed by atoms with Gasteiger partial charge >= 0.3 is 0 Å². The molecular formula is C13H14N6O. The number of hydrogen-bond acceptors (Lipinski definition) is 4. The molecule has 0 fully saturated rings. The van der Waals surface area contributed by atoms with Crippen molar-refractivity contribution in [2.24, 2.45) is 14.1 Å². The largest absolute Gasteiger partial charge is 0.394 e. The van der Waals surface area contributed by atoms with Gasteiger partial charge in [-0.25, -0.2) is 0 Å². The zero-order valence-corrected chi connectivity index (χ0v) is 11.2. The van der Waals surface area contributed by atoms with E-state index in [1.165, 1.54) is 10.9 Å². The van der Waals surface area contributed by atoms with Crippen LogP contribution in [-0.4, -0.2) is 25.5 Å². The minimum absolute atomic E-state index is 0.308. The van der Waals surface area contributed by atoms with Crippen LogP contribution in [0.1, 0.15) is 10.5 Å². The van der Waals surface area contributed by atoms with Crippen LogP contribution in [-0.2, 0) is 14.1 Å². The van der Waals surface area contributed by atoms with Gasteiger partial charge in [-0.05, 0) is 6.07 Å². The highest BCUT2D eigenvalue weighted by atomic mass is 16.2. The van der Waals surface area contributed by atoms with Gasteiger partial charge in [-0.3, -0.25) is 14.2 Å².